The van der Waals surface area contributed by atoms with Gasteiger partial charge in [0.2, 0.25) is 5.91 Å². The summed E-state index contributed by atoms with van der Waals surface area (Å²) in [5, 5.41) is 3.33. The minimum Gasteiger partial charge on any atom is -0.352 e. The van der Waals surface area contributed by atoms with Crippen LogP contribution in [0.1, 0.15) is 5.56 Å². The molecule has 0 saturated carbocycles. The maximum absolute atomic E-state index is 13.9. The number of halogens is 2. The van der Waals surface area contributed by atoms with Crippen LogP contribution in [-0.2, 0) is 11.2 Å². The van der Waals surface area contributed by atoms with Crippen molar-refractivity contribution in [3.63, 3.8) is 0 Å². The van der Waals surface area contributed by atoms with Crippen molar-refractivity contribution in [2.75, 3.05) is 31.1 Å². The fourth-order valence-corrected chi connectivity index (χ4v) is 4.12. The van der Waals surface area contributed by atoms with E-state index in [1.165, 1.54) is 12.1 Å². The topological polar surface area (TPSA) is 49.3 Å². The third kappa shape index (κ3) is 3.24. The molecule has 134 valence electrons. The van der Waals surface area contributed by atoms with Gasteiger partial charge in [-0.2, -0.15) is 0 Å². The van der Waals surface area contributed by atoms with Gasteiger partial charge in [-0.1, -0.05) is 17.7 Å². The number of thiophene rings is 1. The molecule has 0 atom stereocenters. The van der Waals surface area contributed by atoms with Gasteiger partial charge in [0.25, 0.3) is 0 Å². The van der Waals surface area contributed by atoms with Gasteiger partial charge in [-0.25, -0.2) is 14.4 Å². The summed E-state index contributed by atoms with van der Waals surface area (Å²) in [5.41, 5.74) is 0.261. The average Bonchev–Trinajstić information content (AvgIpc) is 3.14. The van der Waals surface area contributed by atoms with E-state index in [0.717, 1.165) is 16.0 Å². The van der Waals surface area contributed by atoms with Crippen LogP contribution in [0.25, 0.3) is 10.2 Å². The SMILES string of the molecule is O=C(Cc1c(F)cccc1Cl)N1CCN(c2ncnc3sccc23)CC1. The monoisotopic (exact) mass is 390 g/mol. The molecule has 2 aromatic heterocycles. The highest BCUT2D eigenvalue weighted by molar-refractivity contribution is 7.16. The van der Waals surface area contributed by atoms with Gasteiger partial charge in [-0.15, -0.1) is 11.3 Å². The lowest BCUT2D eigenvalue weighted by Crippen LogP contribution is -2.49. The predicted molar refractivity (Wildman–Crippen MR) is 101 cm³/mol. The zero-order valence-electron chi connectivity index (χ0n) is 13.9. The number of fused-ring (bicyclic) bond motifs is 1. The highest BCUT2D eigenvalue weighted by Crippen LogP contribution is 2.27. The van der Waals surface area contributed by atoms with Gasteiger partial charge in [-0.3, -0.25) is 4.79 Å². The Balaban J connectivity index is 1.43. The van der Waals surface area contributed by atoms with Gasteiger partial charge in [0.1, 0.15) is 22.8 Å². The van der Waals surface area contributed by atoms with Crippen molar-refractivity contribution in [3.8, 4) is 0 Å². The Morgan fingerprint density at radius 3 is 2.77 bits per heavy atom. The molecule has 26 heavy (non-hydrogen) atoms. The van der Waals surface area contributed by atoms with Gasteiger partial charge in [0.15, 0.2) is 0 Å². The molecule has 3 aromatic rings. The third-order valence-corrected chi connectivity index (χ3v) is 5.74. The Kier molecular flexibility index (Phi) is 4.74. The summed E-state index contributed by atoms with van der Waals surface area (Å²) in [6.07, 6.45) is 1.56. The zero-order chi connectivity index (χ0) is 18.1. The number of hydrogen-bond donors (Lipinski definition) is 0. The number of rotatable bonds is 3. The molecule has 8 heteroatoms. The van der Waals surface area contributed by atoms with E-state index in [1.54, 1.807) is 28.6 Å². The lowest BCUT2D eigenvalue weighted by Gasteiger charge is -2.35. The molecule has 0 N–H and O–H groups in total. The number of piperazine rings is 1. The minimum atomic E-state index is -0.440. The van der Waals surface area contributed by atoms with E-state index in [4.69, 9.17) is 11.6 Å². The molecular formula is C18H16ClFN4OS. The first-order valence-electron chi connectivity index (χ1n) is 8.27. The summed E-state index contributed by atoms with van der Waals surface area (Å²) in [7, 11) is 0. The van der Waals surface area contributed by atoms with Gasteiger partial charge in [0, 0.05) is 36.8 Å². The summed E-state index contributed by atoms with van der Waals surface area (Å²) >= 11 is 7.61. The van der Waals surface area contributed by atoms with Crippen molar-refractivity contribution < 1.29 is 9.18 Å². The number of nitrogens with zero attached hydrogens (tertiary/aromatic N) is 4. The van der Waals surface area contributed by atoms with Crippen LogP contribution in [0, 0.1) is 5.82 Å². The van der Waals surface area contributed by atoms with Gasteiger partial charge >= 0.3 is 0 Å². The Hall–Kier alpha value is -2.25. The number of amides is 1. The van der Waals surface area contributed by atoms with Gasteiger partial charge in [0.05, 0.1) is 11.8 Å². The highest BCUT2D eigenvalue weighted by atomic mass is 35.5. The Bertz CT molecular complexity index is 935. The number of hydrogen-bond acceptors (Lipinski definition) is 5. The number of carbonyl (C=O) groups is 1. The molecule has 1 fully saturated rings. The Morgan fingerprint density at radius 1 is 1.19 bits per heavy atom. The second-order valence-corrected chi connectivity index (χ2v) is 7.38. The first kappa shape index (κ1) is 17.2. The van der Waals surface area contributed by atoms with E-state index in [9.17, 15) is 9.18 Å². The highest BCUT2D eigenvalue weighted by Gasteiger charge is 2.24. The lowest BCUT2D eigenvalue weighted by molar-refractivity contribution is -0.130. The molecular weight excluding hydrogens is 375 g/mol. The average molecular weight is 391 g/mol. The largest absolute Gasteiger partial charge is 0.352 e. The van der Waals surface area contributed by atoms with Crippen LogP contribution < -0.4 is 4.90 Å². The number of carbonyl (C=O) groups excluding carboxylic acids is 1. The zero-order valence-corrected chi connectivity index (χ0v) is 15.4. The van der Waals surface area contributed by atoms with Crippen LogP contribution in [0.5, 0.6) is 0 Å². The van der Waals surface area contributed by atoms with E-state index >= 15 is 0 Å². The lowest BCUT2D eigenvalue weighted by atomic mass is 10.1. The number of benzene rings is 1. The van der Waals surface area contributed by atoms with Crippen LogP contribution in [0.4, 0.5) is 10.2 Å². The van der Waals surface area contributed by atoms with E-state index in [2.05, 4.69) is 14.9 Å². The Labute approximate surface area is 159 Å². The summed E-state index contributed by atoms with van der Waals surface area (Å²) < 4.78 is 13.9. The second-order valence-electron chi connectivity index (χ2n) is 6.08. The van der Waals surface area contributed by atoms with Crippen LogP contribution in [0.3, 0.4) is 0 Å². The van der Waals surface area contributed by atoms with Crippen molar-refractivity contribution >= 4 is 44.9 Å². The van der Waals surface area contributed by atoms with Crippen LogP contribution in [0.15, 0.2) is 36.0 Å². The van der Waals surface area contributed by atoms with Crippen LogP contribution in [0.2, 0.25) is 5.02 Å². The van der Waals surface area contributed by atoms with E-state index in [1.807, 2.05) is 11.4 Å². The standard InChI is InChI=1S/C18H16ClFN4OS/c19-14-2-1-3-15(20)13(14)10-16(25)23-5-7-24(8-6-23)17-12-4-9-26-18(12)22-11-21-17/h1-4,9,11H,5-8,10H2. The molecule has 1 amide bonds. The van der Waals surface area contributed by atoms with E-state index in [-0.39, 0.29) is 22.9 Å². The summed E-state index contributed by atoms with van der Waals surface area (Å²) in [6, 6.07) is 6.49. The summed E-state index contributed by atoms with van der Waals surface area (Å²) in [4.78, 5) is 26.1. The third-order valence-electron chi connectivity index (χ3n) is 4.56. The van der Waals surface area contributed by atoms with Crippen LogP contribution in [-0.4, -0.2) is 47.0 Å². The smallest absolute Gasteiger partial charge is 0.227 e. The first-order chi connectivity index (χ1) is 12.6. The van der Waals surface area contributed by atoms with Crippen molar-refractivity contribution in [3.05, 3.63) is 52.4 Å². The van der Waals surface area contributed by atoms with E-state index in [0.29, 0.717) is 26.2 Å². The minimum absolute atomic E-state index is 0.0201. The van der Waals surface area contributed by atoms with E-state index < -0.39 is 5.82 Å². The second kappa shape index (κ2) is 7.17. The predicted octanol–water partition coefficient (Wildman–Crippen LogP) is 3.38. The maximum Gasteiger partial charge on any atom is 0.227 e. The van der Waals surface area contributed by atoms with Crippen molar-refractivity contribution in [1.82, 2.24) is 14.9 Å². The Morgan fingerprint density at radius 2 is 2.00 bits per heavy atom. The molecule has 1 saturated heterocycles. The van der Waals surface area contributed by atoms with Crippen LogP contribution >= 0.6 is 22.9 Å². The normalized spacial score (nSPS) is 14.8. The van der Waals surface area contributed by atoms with Crippen molar-refractivity contribution in [2.45, 2.75) is 6.42 Å². The summed E-state index contributed by atoms with van der Waals surface area (Å²) in [6.45, 7) is 2.50. The number of anilines is 1. The fourth-order valence-electron chi connectivity index (χ4n) is 3.16. The molecule has 0 aliphatic carbocycles. The molecule has 4 rings (SSSR count). The van der Waals surface area contributed by atoms with Crippen molar-refractivity contribution in [1.29, 1.82) is 0 Å². The first-order valence-corrected chi connectivity index (χ1v) is 9.53. The quantitative estimate of drug-likeness (QED) is 0.688. The molecule has 1 aliphatic rings. The fraction of sp³-hybridized carbons (Fsp3) is 0.278. The molecule has 0 spiro atoms. The molecule has 1 aliphatic heterocycles. The van der Waals surface area contributed by atoms with Gasteiger partial charge in [-0.05, 0) is 23.6 Å². The van der Waals surface area contributed by atoms with Crippen molar-refractivity contribution in [2.24, 2.45) is 0 Å². The maximum atomic E-state index is 13.9. The van der Waals surface area contributed by atoms with Gasteiger partial charge < -0.3 is 9.80 Å². The molecule has 0 unspecified atom stereocenters. The molecule has 1 aromatic carbocycles. The number of aromatic nitrogens is 2. The molecule has 0 radical (unpaired) electrons. The summed E-state index contributed by atoms with van der Waals surface area (Å²) in [5.74, 6) is 0.353. The molecule has 5 nitrogen and oxygen atoms in total. The molecule has 0 bridgehead atoms. The molecule has 3 heterocycles.